The van der Waals surface area contributed by atoms with Crippen LogP contribution in [-0.4, -0.2) is 132 Å². The highest BCUT2D eigenvalue weighted by Gasteiger charge is 2.51. The number of esters is 2. The molecule has 14 rings (SSSR count). The van der Waals surface area contributed by atoms with Gasteiger partial charge in [0.25, 0.3) is 0 Å². The summed E-state index contributed by atoms with van der Waals surface area (Å²) < 4.78 is 89.6. The van der Waals surface area contributed by atoms with E-state index in [9.17, 15) is 19.2 Å². The second kappa shape index (κ2) is 36.7. The third kappa shape index (κ3) is 17.1. The SMILES string of the molecule is CCC(CC(C)(C)OCCOC(C)(C)C(CC)OC(C)(C(=O)CCC(=O)OCCOC1(C)c2ccccc2-c2c1c1c(c3ccccc23)OC(c2ccc(OC)cc2)(c2ccc(OC)cc2)C=C1)C(C)N)OC(C)(CC)C(=O)CCC(=O)OCCOC1(C)c2ccccc2-c2c1c1c(c3ccccc23)OC(c2ccc(OC)cc2)(c2ccc(OC)cc2)C=C1. The molecular weight excluding hydrogens is 1560 g/mol. The Kier molecular flexibility index (Phi) is 26.4. The lowest BCUT2D eigenvalue weighted by Gasteiger charge is -2.42. The Bertz CT molecular complexity index is 5520. The van der Waals surface area contributed by atoms with Crippen molar-refractivity contribution in [1.82, 2.24) is 0 Å². The normalized spacial score (nSPS) is 18.0. The number of carbonyl (C=O) groups excluding carboxylic acids is 4. The van der Waals surface area contributed by atoms with Gasteiger partial charge in [0.05, 0.1) is 91.1 Å². The lowest BCUT2D eigenvalue weighted by Crippen LogP contribution is -2.57. The van der Waals surface area contributed by atoms with Crippen molar-refractivity contribution < 1.29 is 85.5 Å². The van der Waals surface area contributed by atoms with Crippen molar-refractivity contribution in [2.45, 2.75) is 198 Å². The van der Waals surface area contributed by atoms with Gasteiger partial charge in [0.2, 0.25) is 0 Å². The molecule has 124 heavy (non-hydrogen) atoms. The number of hydrogen-bond acceptors (Lipinski definition) is 19. The molecule has 0 aromatic heterocycles. The van der Waals surface area contributed by atoms with Crippen molar-refractivity contribution in [1.29, 1.82) is 0 Å². The molecule has 0 spiro atoms. The first-order valence-corrected chi connectivity index (χ1v) is 43.3. The van der Waals surface area contributed by atoms with Gasteiger partial charge in [-0.1, -0.05) is 179 Å². The zero-order valence-corrected chi connectivity index (χ0v) is 74.3. The van der Waals surface area contributed by atoms with Crippen molar-refractivity contribution in [3.8, 4) is 56.8 Å². The molecule has 650 valence electrons. The fraction of sp³-hybridized carbons (Fsp3) is 0.390. The first-order chi connectivity index (χ1) is 59.5. The van der Waals surface area contributed by atoms with Crippen LogP contribution in [0.3, 0.4) is 0 Å². The van der Waals surface area contributed by atoms with Gasteiger partial charge in [0.15, 0.2) is 22.8 Å². The van der Waals surface area contributed by atoms with Crippen molar-refractivity contribution in [2.24, 2.45) is 5.73 Å². The van der Waals surface area contributed by atoms with Crippen LogP contribution in [0.2, 0.25) is 0 Å². The van der Waals surface area contributed by atoms with Gasteiger partial charge in [0, 0.05) is 80.6 Å². The van der Waals surface area contributed by atoms with Gasteiger partial charge in [-0.2, -0.15) is 0 Å². The predicted octanol–water partition coefficient (Wildman–Crippen LogP) is 20.6. The second-order valence-corrected chi connectivity index (χ2v) is 34.4. The van der Waals surface area contributed by atoms with Gasteiger partial charge in [-0.3, -0.25) is 19.2 Å². The molecule has 2 N–H and O–H groups in total. The van der Waals surface area contributed by atoms with Crippen molar-refractivity contribution in [3.63, 3.8) is 0 Å². The molecule has 7 atom stereocenters. The van der Waals surface area contributed by atoms with Gasteiger partial charge in [0.1, 0.15) is 70.1 Å². The summed E-state index contributed by atoms with van der Waals surface area (Å²) in [6.45, 7) is 23.4. The van der Waals surface area contributed by atoms with Crippen LogP contribution in [0, 0.1) is 0 Å². The number of nitrogens with two attached hydrogens (primary N) is 1. The number of methoxy groups -OCH3 is 4. The fourth-order valence-electron chi connectivity index (χ4n) is 18.5. The van der Waals surface area contributed by atoms with E-state index < -0.39 is 68.9 Å². The number of ether oxygens (including phenoxy) is 14. The Morgan fingerprint density at radius 3 is 1.19 bits per heavy atom. The predicted molar refractivity (Wildman–Crippen MR) is 483 cm³/mol. The Balaban J connectivity index is 0.549. The van der Waals surface area contributed by atoms with E-state index in [0.29, 0.717) is 37.2 Å². The molecule has 0 saturated heterocycles. The van der Waals surface area contributed by atoms with E-state index in [2.05, 4.69) is 86.7 Å². The van der Waals surface area contributed by atoms with Crippen LogP contribution in [0.5, 0.6) is 34.5 Å². The van der Waals surface area contributed by atoms with Crippen molar-refractivity contribution in [3.05, 3.63) is 262 Å². The largest absolute Gasteiger partial charge is 0.497 e. The summed E-state index contributed by atoms with van der Waals surface area (Å²) in [6, 6.07) is 64.1. The summed E-state index contributed by atoms with van der Waals surface area (Å²) in [6.07, 6.45) is 8.86. The first-order valence-electron chi connectivity index (χ1n) is 43.3. The van der Waals surface area contributed by atoms with E-state index >= 15 is 0 Å². The van der Waals surface area contributed by atoms with E-state index in [4.69, 9.17) is 72.0 Å². The minimum Gasteiger partial charge on any atom is -0.497 e. The zero-order chi connectivity index (χ0) is 88.2. The Morgan fingerprint density at radius 1 is 0.435 bits per heavy atom. The average molecular weight is 1680 g/mol. The van der Waals surface area contributed by atoms with Gasteiger partial charge < -0.3 is 72.0 Å². The molecule has 0 bridgehead atoms. The molecule has 2 heterocycles. The van der Waals surface area contributed by atoms with E-state index in [1.54, 1.807) is 49.2 Å². The monoisotopic (exact) mass is 1680 g/mol. The number of carbonyl (C=O) groups is 4. The van der Waals surface area contributed by atoms with Crippen LogP contribution < -0.4 is 34.2 Å². The van der Waals surface area contributed by atoms with E-state index in [0.717, 1.165) is 122 Å². The van der Waals surface area contributed by atoms with Crippen molar-refractivity contribution in [2.75, 3.05) is 68.1 Å². The summed E-state index contributed by atoms with van der Waals surface area (Å²) in [4.78, 5) is 56.0. The highest BCUT2D eigenvalue weighted by Crippen LogP contribution is 2.61. The Labute approximate surface area is 728 Å². The number of fused-ring (bicyclic) bond motifs is 16. The third-order valence-electron chi connectivity index (χ3n) is 25.8. The first kappa shape index (κ1) is 89.3. The Morgan fingerprint density at radius 2 is 0.815 bits per heavy atom. The number of hydrogen-bond donors (Lipinski definition) is 1. The van der Waals surface area contributed by atoms with Gasteiger partial charge in [-0.05, 0) is 186 Å². The lowest BCUT2D eigenvalue weighted by molar-refractivity contribution is -0.196. The minimum absolute atomic E-state index is 0.0424. The molecule has 2 aliphatic carbocycles. The zero-order valence-electron chi connectivity index (χ0n) is 74.3. The minimum atomic E-state index is -1.49. The summed E-state index contributed by atoms with van der Waals surface area (Å²) in [5.74, 6) is 2.68. The summed E-state index contributed by atoms with van der Waals surface area (Å²) in [5, 5.41) is 3.91. The maximum absolute atomic E-state index is 14.4. The smallest absolute Gasteiger partial charge is 0.306 e. The molecule has 19 nitrogen and oxygen atoms in total. The maximum Gasteiger partial charge on any atom is 0.306 e. The summed E-state index contributed by atoms with van der Waals surface area (Å²) in [5.41, 5.74) is 11.6. The number of rotatable bonds is 40. The topological polar surface area (TPSA) is 224 Å². The molecule has 2 aliphatic heterocycles. The maximum atomic E-state index is 14.4. The molecule has 4 aliphatic rings. The van der Waals surface area contributed by atoms with Crippen LogP contribution in [0.25, 0.3) is 56.0 Å². The van der Waals surface area contributed by atoms with Crippen LogP contribution in [-0.2, 0) is 79.5 Å². The van der Waals surface area contributed by atoms with Crippen LogP contribution in [0.4, 0.5) is 0 Å². The number of Topliss-reactive ketones (excluding diaryl/α,β-unsaturated/α-hetero) is 2. The fourth-order valence-corrected chi connectivity index (χ4v) is 18.5. The van der Waals surface area contributed by atoms with Gasteiger partial charge >= 0.3 is 11.9 Å². The van der Waals surface area contributed by atoms with Crippen LogP contribution in [0.15, 0.2) is 206 Å². The summed E-state index contributed by atoms with van der Waals surface area (Å²) >= 11 is 0. The highest BCUT2D eigenvalue weighted by molar-refractivity contribution is 6.10. The van der Waals surface area contributed by atoms with Gasteiger partial charge in [-0.15, -0.1) is 0 Å². The third-order valence-corrected chi connectivity index (χ3v) is 25.8. The molecule has 10 aromatic carbocycles. The molecule has 7 unspecified atom stereocenters. The van der Waals surface area contributed by atoms with Crippen molar-refractivity contribution >= 4 is 57.2 Å². The molecule has 0 amide bonds. The van der Waals surface area contributed by atoms with Crippen LogP contribution in [0.1, 0.15) is 190 Å². The molecule has 0 fully saturated rings. The second-order valence-electron chi connectivity index (χ2n) is 34.4. The Hall–Kier alpha value is -11.0. The standard InChI is InChI=1S/C105H117NO18/c1-17-72(121-100(9,19-3)87(107)52-54-90(109)115-60-62-119-102(11)85-34-26-24-32-81(85)92-77-28-20-22-30-79(77)96-83(94(92)102)56-58-104(123-96,68-36-44-73(111-13)45-37-68)69-38-46-74(112-14)47-39-69)66-98(5,6)117-64-65-118-99(7,8)89(18-2)122-101(10,67(4)106)88(108)53-55-91(110)116-61-63-120-103(12)86-35-27-25-33-82(86)93-78-29-21-23-31-80(78)97-84(95(93)103)57-59-105(124-97,70-40-48-75(113-15)49-41-70)71-42-50-76(114-16)51-43-71/h20-51,56-59,67,72,89H,17-19,52-55,60-66,106H2,1-16H3. The van der Waals surface area contributed by atoms with Gasteiger partial charge in [-0.25, -0.2) is 0 Å². The van der Waals surface area contributed by atoms with E-state index in [-0.39, 0.29) is 83.0 Å². The van der Waals surface area contributed by atoms with Crippen LogP contribution >= 0.6 is 0 Å². The summed E-state index contributed by atoms with van der Waals surface area (Å²) in [7, 11) is 6.60. The quantitative estimate of drug-likeness (QED) is 0.0278. The molecule has 19 heteroatoms. The lowest BCUT2D eigenvalue weighted by atomic mass is 9.80. The van der Waals surface area contributed by atoms with E-state index in [1.165, 1.54) is 0 Å². The molecule has 0 saturated carbocycles. The van der Waals surface area contributed by atoms with E-state index in [1.807, 2.05) is 194 Å². The number of benzene rings is 10. The molecular formula is C105H117NO18. The highest BCUT2D eigenvalue weighted by atomic mass is 16.6. The molecule has 0 radical (unpaired) electrons. The molecule has 10 aromatic rings. The number of ketones is 2. The average Bonchev–Trinajstić information content (AvgIpc) is 1.51.